The highest BCUT2D eigenvalue weighted by molar-refractivity contribution is 9.10. The number of hydrogen-bond acceptors (Lipinski definition) is 3. The Morgan fingerprint density at radius 2 is 1.95 bits per heavy atom. The number of carbonyl (C=O) groups is 1. The molecule has 0 aliphatic carbocycles. The van der Waals surface area contributed by atoms with Gasteiger partial charge in [0.1, 0.15) is 0 Å². The molecule has 1 saturated heterocycles. The molecule has 0 radical (unpaired) electrons. The maximum absolute atomic E-state index is 10.6. The molecule has 2 rings (SSSR count). The van der Waals surface area contributed by atoms with Crippen LogP contribution in [0.1, 0.15) is 19.4 Å². The predicted molar refractivity (Wildman–Crippen MR) is 89.7 cm³/mol. The number of hydrogen-bond donors (Lipinski definition) is 1. The van der Waals surface area contributed by atoms with E-state index in [1.807, 2.05) is 12.1 Å². The maximum atomic E-state index is 10.6. The van der Waals surface area contributed by atoms with Crippen LogP contribution in [0.15, 0.2) is 28.7 Å². The van der Waals surface area contributed by atoms with E-state index in [0.717, 1.165) is 34.9 Å². The molecule has 1 aliphatic rings. The van der Waals surface area contributed by atoms with Gasteiger partial charge >= 0.3 is 5.97 Å². The standard InChI is InChI=1S/C16H21BrN2O2/c1-11-9-19(10-12(2)18(11)3)15-6-4-13(8-14(15)17)5-7-16(20)21/h4-8,11-12H,9-10H2,1-3H3,(H,20,21)/b7-5+. The third-order valence-electron chi connectivity index (χ3n) is 4.09. The van der Waals surface area contributed by atoms with Crippen molar-refractivity contribution in [2.45, 2.75) is 25.9 Å². The molecule has 1 heterocycles. The molecular weight excluding hydrogens is 332 g/mol. The number of anilines is 1. The first-order valence-electron chi connectivity index (χ1n) is 7.06. The largest absolute Gasteiger partial charge is 0.478 e. The molecule has 0 aromatic heterocycles. The van der Waals surface area contributed by atoms with Gasteiger partial charge in [-0.2, -0.15) is 0 Å². The van der Waals surface area contributed by atoms with E-state index in [1.165, 1.54) is 0 Å². The third-order valence-corrected chi connectivity index (χ3v) is 4.73. The Kier molecular flexibility index (Phi) is 5.06. The van der Waals surface area contributed by atoms with Crippen LogP contribution in [0.2, 0.25) is 0 Å². The molecular formula is C16H21BrN2O2. The summed E-state index contributed by atoms with van der Waals surface area (Å²) in [7, 11) is 2.17. The van der Waals surface area contributed by atoms with Crippen molar-refractivity contribution in [2.24, 2.45) is 0 Å². The van der Waals surface area contributed by atoms with Crippen molar-refractivity contribution in [1.29, 1.82) is 0 Å². The lowest BCUT2D eigenvalue weighted by molar-refractivity contribution is -0.131. The minimum absolute atomic E-state index is 0.507. The molecule has 2 unspecified atom stereocenters. The highest BCUT2D eigenvalue weighted by Crippen LogP contribution is 2.30. The van der Waals surface area contributed by atoms with Crippen molar-refractivity contribution >= 4 is 33.7 Å². The summed E-state index contributed by atoms with van der Waals surface area (Å²) in [6.07, 6.45) is 2.76. The fourth-order valence-corrected chi connectivity index (χ4v) is 3.30. The monoisotopic (exact) mass is 352 g/mol. The lowest BCUT2D eigenvalue weighted by Gasteiger charge is -2.43. The summed E-state index contributed by atoms with van der Waals surface area (Å²) >= 11 is 3.61. The Bertz CT molecular complexity index is 547. The molecule has 4 nitrogen and oxygen atoms in total. The number of piperazine rings is 1. The van der Waals surface area contributed by atoms with Crippen molar-refractivity contribution in [3.05, 3.63) is 34.3 Å². The zero-order valence-corrected chi connectivity index (χ0v) is 14.2. The maximum Gasteiger partial charge on any atom is 0.328 e. The second-order valence-electron chi connectivity index (χ2n) is 5.65. The number of carboxylic acid groups (broad SMARTS) is 1. The number of aliphatic carboxylic acids is 1. The van der Waals surface area contributed by atoms with Crippen LogP contribution < -0.4 is 4.90 Å². The van der Waals surface area contributed by atoms with Gasteiger partial charge in [-0.1, -0.05) is 6.07 Å². The first kappa shape index (κ1) is 16.0. The van der Waals surface area contributed by atoms with Crippen molar-refractivity contribution < 1.29 is 9.90 Å². The summed E-state index contributed by atoms with van der Waals surface area (Å²) in [5, 5.41) is 8.67. The minimum Gasteiger partial charge on any atom is -0.478 e. The molecule has 114 valence electrons. The normalized spacial score (nSPS) is 23.7. The van der Waals surface area contributed by atoms with E-state index in [9.17, 15) is 4.79 Å². The topological polar surface area (TPSA) is 43.8 Å². The van der Waals surface area contributed by atoms with Crippen LogP contribution in [0.25, 0.3) is 6.08 Å². The van der Waals surface area contributed by atoms with Crippen molar-refractivity contribution in [2.75, 3.05) is 25.0 Å². The van der Waals surface area contributed by atoms with Gasteiger partial charge < -0.3 is 10.0 Å². The summed E-state index contributed by atoms with van der Waals surface area (Å²) in [6.45, 7) is 6.45. The van der Waals surface area contributed by atoms with Crippen molar-refractivity contribution in [3.63, 3.8) is 0 Å². The molecule has 1 aliphatic heterocycles. The van der Waals surface area contributed by atoms with Crippen LogP contribution in [0.4, 0.5) is 5.69 Å². The second kappa shape index (κ2) is 6.62. The highest BCUT2D eigenvalue weighted by atomic mass is 79.9. The Morgan fingerprint density at radius 3 is 2.48 bits per heavy atom. The average molecular weight is 353 g/mol. The number of benzene rings is 1. The molecule has 0 spiro atoms. The molecule has 0 saturated carbocycles. The summed E-state index contributed by atoms with van der Waals surface area (Å²) in [4.78, 5) is 15.3. The zero-order chi connectivity index (χ0) is 15.6. The van der Waals surface area contributed by atoms with E-state index < -0.39 is 5.97 Å². The summed E-state index contributed by atoms with van der Waals surface area (Å²) in [6, 6.07) is 6.98. The second-order valence-corrected chi connectivity index (χ2v) is 6.51. The van der Waals surface area contributed by atoms with Gasteiger partial charge in [-0.3, -0.25) is 4.90 Å². The molecule has 0 amide bonds. The molecule has 1 N–H and O–H groups in total. The summed E-state index contributed by atoms with van der Waals surface area (Å²) in [5.74, 6) is -0.933. The first-order chi connectivity index (χ1) is 9.88. The summed E-state index contributed by atoms with van der Waals surface area (Å²) < 4.78 is 0.999. The lowest BCUT2D eigenvalue weighted by Crippen LogP contribution is -2.55. The van der Waals surface area contributed by atoms with E-state index in [4.69, 9.17) is 5.11 Å². The first-order valence-corrected chi connectivity index (χ1v) is 7.85. The number of likely N-dealkylation sites (N-methyl/N-ethyl adjacent to an activating group) is 1. The van der Waals surface area contributed by atoms with E-state index in [-0.39, 0.29) is 0 Å². The molecule has 5 heteroatoms. The Morgan fingerprint density at radius 1 is 1.33 bits per heavy atom. The molecule has 21 heavy (non-hydrogen) atoms. The van der Waals surface area contributed by atoms with Gasteiger partial charge in [0.25, 0.3) is 0 Å². The predicted octanol–water partition coefficient (Wildman–Crippen LogP) is 3.08. The van der Waals surface area contributed by atoms with Crippen molar-refractivity contribution in [1.82, 2.24) is 4.90 Å². The lowest BCUT2D eigenvalue weighted by atomic mass is 10.1. The van der Waals surface area contributed by atoms with Crippen LogP contribution in [0.5, 0.6) is 0 Å². The molecule has 1 aromatic carbocycles. The van der Waals surface area contributed by atoms with Gasteiger partial charge in [0, 0.05) is 35.7 Å². The minimum atomic E-state index is -0.933. The van der Waals surface area contributed by atoms with Gasteiger partial charge in [0.15, 0.2) is 0 Å². The SMILES string of the molecule is CC1CN(c2ccc(/C=C/C(=O)O)cc2Br)CC(C)N1C. The van der Waals surface area contributed by atoms with Gasteiger partial charge in [-0.05, 0) is 60.6 Å². The zero-order valence-electron chi connectivity index (χ0n) is 12.6. The quantitative estimate of drug-likeness (QED) is 0.849. The fourth-order valence-electron chi connectivity index (χ4n) is 2.65. The average Bonchev–Trinajstić information content (AvgIpc) is 2.42. The summed E-state index contributed by atoms with van der Waals surface area (Å²) in [5.41, 5.74) is 2.04. The van der Waals surface area contributed by atoms with Crippen LogP contribution >= 0.6 is 15.9 Å². The molecule has 2 atom stereocenters. The molecule has 0 bridgehead atoms. The van der Waals surface area contributed by atoms with Crippen molar-refractivity contribution in [3.8, 4) is 0 Å². The van der Waals surface area contributed by atoms with E-state index in [0.29, 0.717) is 12.1 Å². The third kappa shape index (κ3) is 3.86. The van der Waals surface area contributed by atoms with Crippen LogP contribution in [-0.2, 0) is 4.79 Å². The molecule has 1 fully saturated rings. The van der Waals surface area contributed by atoms with Gasteiger partial charge in [0.2, 0.25) is 0 Å². The van der Waals surface area contributed by atoms with Crippen LogP contribution in [0, 0.1) is 0 Å². The van der Waals surface area contributed by atoms with Crippen LogP contribution in [0.3, 0.4) is 0 Å². The van der Waals surface area contributed by atoms with E-state index >= 15 is 0 Å². The number of nitrogens with zero attached hydrogens (tertiary/aromatic N) is 2. The number of carboxylic acids is 1. The van der Waals surface area contributed by atoms with E-state index in [2.05, 4.69) is 52.7 Å². The Balaban J connectivity index is 2.19. The number of halogens is 1. The fraction of sp³-hybridized carbons (Fsp3) is 0.438. The van der Waals surface area contributed by atoms with Gasteiger partial charge in [0.05, 0.1) is 5.69 Å². The van der Waals surface area contributed by atoms with Gasteiger partial charge in [-0.15, -0.1) is 0 Å². The number of rotatable bonds is 3. The smallest absolute Gasteiger partial charge is 0.328 e. The van der Waals surface area contributed by atoms with Crippen LogP contribution in [-0.4, -0.2) is 48.2 Å². The molecule has 1 aromatic rings. The van der Waals surface area contributed by atoms with E-state index in [1.54, 1.807) is 6.08 Å². The highest BCUT2D eigenvalue weighted by Gasteiger charge is 2.27. The Labute approximate surface area is 134 Å². The Hall–Kier alpha value is -1.33. The van der Waals surface area contributed by atoms with Gasteiger partial charge in [-0.25, -0.2) is 4.79 Å².